The van der Waals surface area contributed by atoms with E-state index in [2.05, 4.69) is 5.32 Å². The van der Waals surface area contributed by atoms with E-state index in [1.165, 1.54) is 7.11 Å². The number of anilines is 2. The number of carbonyl (C=O) groups excluding carboxylic acids is 1. The van der Waals surface area contributed by atoms with Crippen molar-refractivity contribution >= 4 is 40.5 Å². The van der Waals surface area contributed by atoms with Crippen molar-refractivity contribution in [2.75, 3.05) is 19.5 Å². The first-order chi connectivity index (χ1) is 10.4. The van der Waals surface area contributed by atoms with E-state index in [1.807, 2.05) is 25.1 Å². The molecule has 22 heavy (non-hydrogen) atoms. The molecule has 0 aromatic heterocycles. The van der Waals surface area contributed by atoms with Crippen LogP contribution in [-0.2, 0) is 4.84 Å². The summed E-state index contributed by atoms with van der Waals surface area (Å²) in [6, 6.07) is 10.7. The Bertz CT molecular complexity index is 681. The molecule has 0 fully saturated rings. The molecule has 2 aromatic carbocycles. The fourth-order valence-corrected chi connectivity index (χ4v) is 2.68. The van der Waals surface area contributed by atoms with Gasteiger partial charge in [0.25, 0.3) is 5.91 Å². The number of amides is 1. The number of rotatable bonds is 4. The zero-order valence-electron chi connectivity index (χ0n) is 12.5. The third-order valence-corrected chi connectivity index (χ3v) is 3.76. The van der Waals surface area contributed by atoms with E-state index >= 15 is 0 Å². The number of carbonyl (C=O) groups is 1. The molecular formula is C16H16Cl2N2O2. The lowest BCUT2D eigenvalue weighted by molar-refractivity contribution is -0.0756. The number of para-hydroxylation sites is 1. The van der Waals surface area contributed by atoms with Gasteiger partial charge in [0.2, 0.25) is 0 Å². The van der Waals surface area contributed by atoms with Crippen LogP contribution in [0.15, 0.2) is 36.4 Å². The van der Waals surface area contributed by atoms with Gasteiger partial charge in [-0.25, -0.2) is 5.06 Å². The van der Waals surface area contributed by atoms with Crippen molar-refractivity contribution < 1.29 is 9.63 Å². The van der Waals surface area contributed by atoms with Crippen LogP contribution in [-0.4, -0.2) is 25.1 Å². The van der Waals surface area contributed by atoms with Gasteiger partial charge in [0.15, 0.2) is 0 Å². The van der Waals surface area contributed by atoms with Crippen molar-refractivity contribution in [3.8, 4) is 0 Å². The molecule has 0 spiro atoms. The van der Waals surface area contributed by atoms with Gasteiger partial charge in [0.05, 0.1) is 34.1 Å². The molecule has 0 bridgehead atoms. The number of nitrogens with zero attached hydrogens (tertiary/aromatic N) is 1. The van der Waals surface area contributed by atoms with Gasteiger partial charge in [-0.3, -0.25) is 9.63 Å². The minimum atomic E-state index is -0.273. The standard InChI is InChI=1S/C16H16Cl2N2O2/c1-10-8-12(17)15(13(18)9-10)19-14-7-5-4-6-11(14)16(21)20(2)22-3/h4-9,19H,1-3H3. The highest BCUT2D eigenvalue weighted by atomic mass is 35.5. The Morgan fingerprint density at radius 3 is 2.36 bits per heavy atom. The molecule has 0 unspecified atom stereocenters. The molecule has 2 rings (SSSR count). The highest BCUT2D eigenvalue weighted by Gasteiger charge is 2.17. The number of hydrogen-bond acceptors (Lipinski definition) is 3. The van der Waals surface area contributed by atoms with Crippen molar-refractivity contribution in [3.05, 3.63) is 57.6 Å². The Morgan fingerprint density at radius 1 is 1.18 bits per heavy atom. The maximum absolute atomic E-state index is 12.3. The lowest BCUT2D eigenvalue weighted by Crippen LogP contribution is -2.26. The molecule has 0 radical (unpaired) electrons. The lowest BCUT2D eigenvalue weighted by atomic mass is 10.1. The van der Waals surface area contributed by atoms with Crippen molar-refractivity contribution in [1.29, 1.82) is 0 Å². The second-order valence-corrected chi connectivity index (χ2v) is 5.57. The zero-order valence-corrected chi connectivity index (χ0v) is 14.0. The first-order valence-electron chi connectivity index (χ1n) is 6.58. The van der Waals surface area contributed by atoms with E-state index < -0.39 is 0 Å². The van der Waals surface area contributed by atoms with Crippen molar-refractivity contribution in [3.63, 3.8) is 0 Å². The Balaban J connectivity index is 2.41. The van der Waals surface area contributed by atoms with E-state index in [-0.39, 0.29) is 5.91 Å². The van der Waals surface area contributed by atoms with Gasteiger partial charge in [-0.15, -0.1) is 0 Å². The highest BCUT2D eigenvalue weighted by molar-refractivity contribution is 6.39. The molecule has 6 heteroatoms. The zero-order chi connectivity index (χ0) is 16.3. The highest BCUT2D eigenvalue weighted by Crippen LogP contribution is 2.35. The van der Waals surface area contributed by atoms with Gasteiger partial charge in [0, 0.05) is 7.05 Å². The van der Waals surface area contributed by atoms with Crippen LogP contribution in [0.1, 0.15) is 15.9 Å². The smallest absolute Gasteiger partial charge is 0.279 e. The van der Waals surface area contributed by atoms with E-state index in [1.54, 1.807) is 25.2 Å². The van der Waals surface area contributed by atoms with Crippen molar-refractivity contribution in [2.24, 2.45) is 0 Å². The van der Waals surface area contributed by atoms with E-state index in [0.29, 0.717) is 27.0 Å². The van der Waals surface area contributed by atoms with Crippen LogP contribution in [0, 0.1) is 6.92 Å². The largest absolute Gasteiger partial charge is 0.352 e. The first-order valence-corrected chi connectivity index (χ1v) is 7.33. The third kappa shape index (κ3) is 3.53. The van der Waals surface area contributed by atoms with Crippen molar-refractivity contribution in [1.82, 2.24) is 5.06 Å². The molecule has 0 saturated carbocycles. The summed E-state index contributed by atoms with van der Waals surface area (Å²) in [5.41, 5.74) is 2.59. The molecular weight excluding hydrogens is 323 g/mol. The molecule has 0 heterocycles. The molecule has 116 valence electrons. The lowest BCUT2D eigenvalue weighted by Gasteiger charge is -2.18. The minimum Gasteiger partial charge on any atom is -0.352 e. The maximum Gasteiger partial charge on any atom is 0.279 e. The first kappa shape index (κ1) is 16.6. The second-order valence-electron chi connectivity index (χ2n) is 4.76. The summed E-state index contributed by atoms with van der Waals surface area (Å²) < 4.78 is 0. The molecule has 0 saturated heterocycles. The van der Waals surface area contributed by atoms with Gasteiger partial charge >= 0.3 is 0 Å². The predicted molar refractivity (Wildman–Crippen MR) is 90.0 cm³/mol. The molecule has 2 aromatic rings. The van der Waals surface area contributed by atoms with Crippen LogP contribution in [0.3, 0.4) is 0 Å². The minimum absolute atomic E-state index is 0.273. The normalized spacial score (nSPS) is 10.4. The SMILES string of the molecule is CON(C)C(=O)c1ccccc1Nc1c(Cl)cc(C)cc1Cl. The predicted octanol–water partition coefficient (Wildman–Crippen LogP) is 4.68. The summed E-state index contributed by atoms with van der Waals surface area (Å²) in [6.45, 7) is 1.91. The maximum atomic E-state index is 12.3. The molecule has 0 atom stereocenters. The Kier molecular flexibility index (Phi) is 5.29. The Hall–Kier alpha value is -1.75. The summed E-state index contributed by atoms with van der Waals surface area (Å²) in [5.74, 6) is -0.273. The third-order valence-electron chi connectivity index (χ3n) is 3.16. The quantitative estimate of drug-likeness (QED) is 0.823. The number of nitrogens with one attached hydrogen (secondary N) is 1. The van der Waals surface area contributed by atoms with Gasteiger partial charge in [0.1, 0.15) is 0 Å². The van der Waals surface area contributed by atoms with Crippen LogP contribution < -0.4 is 5.32 Å². The van der Waals surface area contributed by atoms with Gasteiger partial charge in [-0.05, 0) is 36.8 Å². The average molecular weight is 339 g/mol. The molecule has 0 aliphatic carbocycles. The number of aryl methyl sites for hydroxylation is 1. The van der Waals surface area contributed by atoms with E-state index in [4.69, 9.17) is 28.0 Å². The number of halogens is 2. The van der Waals surface area contributed by atoms with Crippen LogP contribution >= 0.6 is 23.2 Å². The topological polar surface area (TPSA) is 41.6 Å². The summed E-state index contributed by atoms with van der Waals surface area (Å²) in [6.07, 6.45) is 0. The molecule has 0 aliphatic rings. The molecule has 1 N–H and O–H groups in total. The average Bonchev–Trinajstić information content (AvgIpc) is 2.49. The monoisotopic (exact) mass is 338 g/mol. The molecule has 4 nitrogen and oxygen atoms in total. The van der Waals surface area contributed by atoms with E-state index in [9.17, 15) is 4.79 Å². The van der Waals surface area contributed by atoms with Crippen LogP contribution in [0.4, 0.5) is 11.4 Å². The molecule has 0 aliphatic heterocycles. The van der Waals surface area contributed by atoms with Crippen LogP contribution in [0.5, 0.6) is 0 Å². The fraction of sp³-hybridized carbons (Fsp3) is 0.188. The van der Waals surface area contributed by atoms with Gasteiger partial charge in [-0.2, -0.15) is 0 Å². The number of hydroxylamine groups is 2. The summed E-state index contributed by atoms with van der Waals surface area (Å²) >= 11 is 12.5. The number of hydrogen-bond donors (Lipinski definition) is 1. The summed E-state index contributed by atoms with van der Waals surface area (Å²) in [4.78, 5) is 17.2. The van der Waals surface area contributed by atoms with Crippen molar-refractivity contribution in [2.45, 2.75) is 6.92 Å². The molecule has 1 amide bonds. The second kappa shape index (κ2) is 7.01. The summed E-state index contributed by atoms with van der Waals surface area (Å²) in [5, 5.41) is 5.27. The Labute approximate surface area is 139 Å². The van der Waals surface area contributed by atoms with Gasteiger partial charge in [-0.1, -0.05) is 35.3 Å². The fourth-order valence-electron chi connectivity index (χ4n) is 1.99. The van der Waals surface area contributed by atoms with Crippen LogP contribution in [0.25, 0.3) is 0 Å². The Morgan fingerprint density at radius 2 is 1.77 bits per heavy atom. The van der Waals surface area contributed by atoms with E-state index in [0.717, 1.165) is 10.6 Å². The number of benzene rings is 2. The van der Waals surface area contributed by atoms with Crippen LogP contribution in [0.2, 0.25) is 10.0 Å². The summed E-state index contributed by atoms with van der Waals surface area (Å²) in [7, 11) is 2.98. The van der Waals surface area contributed by atoms with Gasteiger partial charge < -0.3 is 5.32 Å².